The number of likely N-dealkylation sites (tertiary alicyclic amines) is 1. The number of piperidine rings is 1. The highest BCUT2D eigenvalue weighted by atomic mass is 19.1. The normalized spacial score (nSPS) is 24.7. The van der Waals surface area contributed by atoms with E-state index in [1.807, 2.05) is 12.1 Å². The summed E-state index contributed by atoms with van der Waals surface area (Å²) in [4.78, 5) is 19.6. The minimum absolute atomic E-state index is 0.184. The van der Waals surface area contributed by atoms with Gasteiger partial charge in [-0.15, -0.1) is 0 Å². The van der Waals surface area contributed by atoms with E-state index in [0.717, 1.165) is 76.2 Å². The fraction of sp³-hybridized carbons (Fsp3) is 0.571. The minimum atomic E-state index is -0.184. The monoisotopic (exact) mass is 357 g/mol. The quantitative estimate of drug-likeness (QED) is 0.832. The second-order valence-electron chi connectivity index (χ2n) is 7.67. The van der Waals surface area contributed by atoms with E-state index in [2.05, 4.69) is 20.8 Å². The molecule has 0 bridgehead atoms. The Kier molecular flexibility index (Phi) is 5.25. The minimum Gasteiger partial charge on any atom is -0.369 e. The molecule has 2 saturated heterocycles. The molecule has 1 aliphatic carbocycles. The van der Waals surface area contributed by atoms with Gasteiger partial charge in [0, 0.05) is 56.6 Å². The zero-order valence-corrected chi connectivity index (χ0v) is 15.4. The molecular formula is C21H28FN3O. The van der Waals surface area contributed by atoms with E-state index in [0.29, 0.717) is 6.04 Å². The molecule has 0 aromatic heterocycles. The van der Waals surface area contributed by atoms with Crippen molar-refractivity contribution in [2.24, 2.45) is 0 Å². The van der Waals surface area contributed by atoms with Crippen LogP contribution in [0.2, 0.25) is 0 Å². The second-order valence-corrected chi connectivity index (χ2v) is 7.67. The summed E-state index contributed by atoms with van der Waals surface area (Å²) in [6.45, 7) is 5.71. The summed E-state index contributed by atoms with van der Waals surface area (Å²) in [6.07, 6.45) is 7.55. The predicted molar refractivity (Wildman–Crippen MR) is 102 cm³/mol. The number of hydrogen-bond donors (Lipinski definition) is 0. The number of nitrogens with zero attached hydrogens (tertiary/aromatic N) is 3. The van der Waals surface area contributed by atoms with Crippen LogP contribution in [0.3, 0.4) is 0 Å². The van der Waals surface area contributed by atoms with Crippen LogP contribution < -0.4 is 4.90 Å². The number of carbonyl (C=O) groups is 1. The average Bonchev–Trinajstić information content (AvgIpc) is 3.23. The summed E-state index contributed by atoms with van der Waals surface area (Å²) >= 11 is 0. The van der Waals surface area contributed by atoms with Crippen LogP contribution >= 0.6 is 0 Å². The molecule has 140 valence electrons. The number of hydrogen-bond acceptors (Lipinski definition) is 3. The van der Waals surface area contributed by atoms with Gasteiger partial charge in [0.1, 0.15) is 5.82 Å². The van der Waals surface area contributed by atoms with E-state index in [4.69, 9.17) is 0 Å². The summed E-state index contributed by atoms with van der Waals surface area (Å²) < 4.78 is 13.1. The first-order valence-corrected chi connectivity index (χ1v) is 9.93. The Labute approximate surface area is 155 Å². The lowest BCUT2D eigenvalue weighted by molar-refractivity contribution is -0.129. The lowest BCUT2D eigenvalue weighted by Gasteiger charge is -2.44. The van der Waals surface area contributed by atoms with Gasteiger partial charge in [-0.1, -0.05) is 6.08 Å². The van der Waals surface area contributed by atoms with Crippen LogP contribution in [0.25, 0.3) is 0 Å². The number of rotatable bonds is 3. The summed E-state index contributed by atoms with van der Waals surface area (Å²) in [6, 6.07) is 7.27. The van der Waals surface area contributed by atoms with Crippen LogP contribution in [0.4, 0.5) is 10.1 Å². The van der Waals surface area contributed by atoms with Gasteiger partial charge < -0.3 is 9.80 Å². The van der Waals surface area contributed by atoms with E-state index in [1.54, 1.807) is 0 Å². The molecule has 26 heavy (non-hydrogen) atoms. The SMILES string of the molecule is O=C(C1=CCCC1)N1CCC[C@H](N2CCN(c3ccc(F)cc3)CC2)C1. The molecule has 2 heterocycles. The van der Waals surface area contributed by atoms with Gasteiger partial charge in [0.25, 0.3) is 0 Å². The van der Waals surface area contributed by atoms with Crippen molar-refractivity contribution in [3.8, 4) is 0 Å². The Balaban J connectivity index is 1.32. The maximum absolute atomic E-state index is 13.1. The molecule has 4 rings (SSSR count). The number of benzene rings is 1. The Bertz CT molecular complexity index is 664. The van der Waals surface area contributed by atoms with Gasteiger partial charge in [0.05, 0.1) is 0 Å². The van der Waals surface area contributed by atoms with Crippen molar-refractivity contribution in [1.29, 1.82) is 0 Å². The van der Waals surface area contributed by atoms with Crippen molar-refractivity contribution < 1.29 is 9.18 Å². The zero-order chi connectivity index (χ0) is 17.9. The number of amides is 1. The molecule has 5 heteroatoms. The summed E-state index contributed by atoms with van der Waals surface area (Å²) in [5.41, 5.74) is 2.13. The molecular weight excluding hydrogens is 329 g/mol. The third-order valence-corrected chi connectivity index (χ3v) is 6.02. The van der Waals surface area contributed by atoms with Gasteiger partial charge in [0.2, 0.25) is 5.91 Å². The predicted octanol–water partition coefficient (Wildman–Crippen LogP) is 3.05. The Morgan fingerprint density at radius 3 is 2.46 bits per heavy atom. The number of carbonyl (C=O) groups excluding carboxylic acids is 1. The first kappa shape index (κ1) is 17.5. The van der Waals surface area contributed by atoms with Crippen LogP contribution in [0.1, 0.15) is 32.1 Å². The van der Waals surface area contributed by atoms with Crippen LogP contribution in [-0.4, -0.2) is 61.0 Å². The van der Waals surface area contributed by atoms with E-state index in [9.17, 15) is 9.18 Å². The smallest absolute Gasteiger partial charge is 0.249 e. The molecule has 0 saturated carbocycles. The van der Waals surface area contributed by atoms with E-state index in [-0.39, 0.29) is 11.7 Å². The topological polar surface area (TPSA) is 26.8 Å². The van der Waals surface area contributed by atoms with Crippen LogP contribution in [0.5, 0.6) is 0 Å². The molecule has 0 unspecified atom stereocenters. The van der Waals surface area contributed by atoms with Gasteiger partial charge in [-0.3, -0.25) is 9.69 Å². The molecule has 0 spiro atoms. The number of halogens is 1. The fourth-order valence-electron chi connectivity index (χ4n) is 4.50. The van der Waals surface area contributed by atoms with E-state index >= 15 is 0 Å². The molecule has 3 aliphatic rings. The van der Waals surface area contributed by atoms with Gasteiger partial charge in [-0.05, 0) is 56.4 Å². The largest absolute Gasteiger partial charge is 0.369 e. The molecule has 2 fully saturated rings. The molecule has 2 aliphatic heterocycles. The van der Waals surface area contributed by atoms with Gasteiger partial charge in [-0.25, -0.2) is 4.39 Å². The molecule has 1 atom stereocenters. The molecule has 1 aromatic carbocycles. The highest BCUT2D eigenvalue weighted by Gasteiger charge is 2.31. The summed E-state index contributed by atoms with van der Waals surface area (Å²) in [5.74, 6) is 0.0916. The molecule has 1 aromatic rings. The van der Waals surface area contributed by atoms with Crippen molar-refractivity contribution in [1.82, 2.24) is 9.80 Å². The standard InChI is InChI=1S/C21H28FN3O/c22-18-7-9-19(10-8-18)23-12-14-24(15-13-23)20-6-3-11-25(16-20)21(26)17-4-1-2-5-17/h4,7-10,20H,1-3,5-6,11-16H2/t20-/m0/s1. The highest BCUT2D eigenvalue weighted by molar-refractivity contribution is 5.93. The van der Waals surface area contributed by atoms with Gasteiger partial charge in [-0.2, -0.15) is 0 Å². The van der Waals surface area contributed by atoms with Crippen molar-refractivity contribution in [3.63, 3.8) is 0 Å². The average molecular weight is 357 g/mol. The lowest BCUT2D eigenvalue weighted by Crippen LogP contribution is -2.56. The van der Waals surface area contributed by atoms with Gasteiger partial charge in [0.15, 0.2) is 0 Å². The van der Waals surface area contributed by atoms with Gasteiger partial charge >= 0.3 is 0 Å². The van der Waals surface area contributed by atoms with Crippen molar-refractivity contribution >= 4 is 11.6 Å². The zero-order valence-electron chi connectivity index (χ0n) is 15.4. The third-order valence-electron chi connectivity index (χ3n) is 6.02. The molecule has 1 amide bonds. The maximum atomic E-state index is 13.1. The molecule has 0 N–H and O–H groups in total. The number of anilines is 1. The van der Waals surface area contributed by atoms with Crippen LogP contribution in [0, 0.1) is 5.82 Å². The fourth-order valence-corrected chi connectivity index (χ4v) is 4.50. The molecule has 4 nitrogen and oxygen atoms in total. The van der Waals surface area contributed by atoms with Crippen molar-refractivity contribution in [3.05, 3.63) is 41.7 Å². The first-order valence-electron chi connectivity index (χ1n) is 9.93. The third kappa shape index (κ3) is 3.78. The summed E-state index contributed by atoms with van der Waals surface area (Å²) in [7, 11) is 0. The van der Waals surface area contributed by atoms with E-state index in [1.165, 1.54) is 18.6 Å². The Morgan fingerprint density at radius 2 is 1.77 bits per heavy atom. The molecule has 0 radical (unpaired) electrons. The number of piperazine rings is 1. The second kappa shape index (κ2) is 7.78. The Hall–Kier alpha value is -1.88. The maximum Gasteiger partial charge on any atom is 0.249 e. The van der Waals surface area contributed by atoms with E-state index < -0.39 is 0 Å². The first-order chi connectivity index (χ1) is 12.7. The number of allylic oxidation sites excluding steroid dienone is 1. The van der Waals surface area contributed by atoms with Crippen molar-refractivity contribution in [2.45, 2.75) is 38.1 Å². The van der Waals surface area contributed by atoms with Crippen LogP contribution in [-0.2, 0) is 4.79 Å². The van der Waals surface area contributed by atoms with Crippen LogP contribution in [0.15, 0.2) is 35.9 Å². The lowest BCUT2D eigenvalue weighted by atomic mass is 10.0. The Morgan fingerprint density at radius 1 is 1.00 bits per heavy atom. The highest BCUT2D eigenvalue weighted by Crippen LogP contribution is 2.25. The van der Waals surface area contributed by atoms with Crippen molar-refractivity contribution in [2.75, 3.05) is 44.2 Å². The summed E-state index contributed by atoms with van der Waals surface area (Å²) in [5, 5.41) is 0.